The lowest BCUT2D eigenvalue weighted by atomic mass is 9.95. The topological polar surface area (TPSA) is 106 Å². The van der Waals surface area contributed by atoms with Crippen LogP contribution in [0.5, 0.6) is 11.5 Å². The molecule has 0 radical (unpaired) electrons. The first-order chi connectivity index (χ1) is 19.6. The molecule has 0 N–H and O–H groups in total. The van der Waals surface area contributed by atoms with Crippen LogP contribution >= 0.6 is 27.3 Å². The minimum atomic E-state index is -0.830. The van der Waals surface area contributed by atoms with E-state index in [0.29, 0.717) is 43.2 Å². The number of imidazole rings is 1. The largest absolute Gasteiger partial charge is 0.493 e. The highest BCUT2D eigenvalue weighted by Crippen LogP contribution is 2.41. The van der Waals surface area contributed by atoms with Gasteiger partial charge < -0.3 is 14.2 Å². The van der Waals surface area contributed by atoms with Crippen LogP contribution in [0.3, 0.4) is 0 Å². The van der Waals surface area contributed by atoms with Crippen molar-refractivity contribution in [2.24, 2.45) is 19.1 Å². The summed E-state index contributed by atoms with van der Waals surface area (Å²) >= 11 is 4.86. The normalized spacial score (nSPS) is 15.2. The fourth-order valence-corrected chi connectivity index (χ4v) is 6.62. The second kappa shape index (κ2) is 11.2. The summed E-state index contributed by atoms with van der Waals surface area (Å²) < 4.78 is 22.5. The van der Waals surface area contributed by atoms with Gasteiger partial charge in [-0.3, -0.25) is 18.5 Å². The molecule has 0 bridgehead atoms. The van der Waals surface area contributed by atoms with Crippen molar-refractivity contribution in [1.82, 2.24) is 13.7 Å². The van der Waals surface area contributed by atoms with Crippen LogP contribution in [0.25, 0.3) is 17.1 Å². The van der Waals surface area contributed by atoms with E-state index in [4.69, 9.17) is 14.2 Å². The van der Waals surface area contributed by atoms with Gasteiger partial charge in [0.1, 0.15) is 0 Å². The number of rotatable bonds is 7. The Balaban J connectivity index is 1.75. The van der Waals surface area contributed by atoms with E-state index in [1.807, 2.05) is 25.1 Å². The first-order valence-corrected chi connectivity index (χ1v) is 14.6. The average molecular weight is 642 g/mol. The summed E-state index contributed by atoms with van der Waals surface area (Å²) in [4.78, 5) is 44.8. The van der Waals surface area contributed by atoms with Crippen molar-refractivity contribution in [2.45, 2.75) is 26.8 Å². The van der Waals surface area contributed by atoms with Crippen molar-refractivity contribution < 1.29 is 19.0 Å². The number of methoxy groups -OCH3 is 1. The van der Waals surface area contributed by atoms with Crippen molar-refractivity contribution in [3.8, 4) is 11.5 Å². The number of allylic oxidation sites excluding steroid dienone is 1. The Morgan fingerprint density at radius 1 is 1.07 bits per heavy atom. The smallest absolute Gasteiger partial charge is 0.338 e. The number of thiazole rings is 1. The maximum atomic E-state index is 14.0. The number of hydrogen-bond donors (Lipinski definition) is 0. The van der Waals surface area contributed by atoms with Gasteiger partial charge in [0.2, 0.25) is 0 Å². The van der Waals surface area contributed by atoms with Gasteiger partial charge in [-0.1, -0.05) is 33.3 Å². The van der Waals surface area contributed by atoms with Crippen molar-refractivity contribution >= 4 is 50.3 Å². The molecule has 41 heavy (non-hydrogen) atoms. The number of nitrogens with zero attached hydrogens (tertiary/aromatic N) is 4. The standard InChI is InChI=1S/C29H29BrN4O6S/c1-7-39-22-14-18(30)17(13-21(22)38-6)25-24(27(36)40-8-2)15(3)31-28-34(25)26(35)23(41-28)12-16-9-10-19-20(11-16)33(5)29(37)32(19)4/h9-14,25H,7-8H2,1-6H3/b23-12+/t25-/m1/s1. The average Bonchev–Trinajstić information content (AvgIpc) is 3.36. The van der Waals surface area contributed by atoms with Crippen LogP contribution < -0.4 is 30.1 Å². The zero-order chi connectivity index (χ0) is 29.6. The molecule has 0 aliphatic carbocycles. The molecule has 3 heterocycles. The predicted molar refractivity (Wildman–Crippen MR) is 160 cm³/mol. The van der Waals surface area contributed by atoms with Crippen molar-refractivity contribution in [3.05, 3.63) is 87.4 Å². The molecule has 2 aromatic heterocycles. The van der Waals surface area contributed by atoms with E-state index in [1.54, 1.807) is 55.3 Å². The van der Waals surface area contributed by atoms with Gasteiger partial charge in [-0.2, -0.15) is 0 Å². The Kier molecular flexibility index (Phi) is 7.80. The third-order valence-corrected chi connectivity index (χ3v) is 8.66. The number of hydrogen-bond acceptors (Lipinski definition) is 8. The Morgan fingerprint density at radius 2 is 1.80 bits per heavy atom. The van der Waals surface area contributed by atoms with Gasteiger partial charge in [0, 0.05) is 18.6 Å². The maximum Gasteiger partial charge on any atom is 0.338 e. The molecule has 1 aliphatic heterocycles. The third kappa shape index (κ3) is 4.84. The van der Waals surface area contributed by atoms with Gasteiger partial charge in [-0.05, 0) is 62.2 Å². The fourth-order valence-electron chi connectivity index (χ4n) is 5.04. The molecule has 2 aromatic carbocycles. The summed E-state index contributed by atoms with van der Waals surface area (Å²) in [5.41, 5.74) is 3.20. The highest BCUT2D eigenvalue weighted by Gasteiger charge is 2.35. The third-order valence-electron chi connectivity index (χ3n) is 6.99. The van der Waals surface area contributed by atoms with Gasteiger partial charge in [0.25, 0.3) is 5.56 Å². The van der Waals surface area contributed by atoms with Gasteiger partial charge in [-0.25, -0.2) is 14.6 Å². The van der Waals surface area contributed by atoms with Crippen LogP contribution in [0.4, 0.5) is 0 Å². The SMILES string of the molecule is CCOC(=O)C1=C(C)N=c2s/c(=C/c3ccc4c(c3)n(C)c(=O)n4C)c(=O)n2[C@@H]1c1cc(OC)c(OCC)cc1Br. The van der Waals surface area contributed by atoms with Crippen LogP contribution in [0, 0.1) is 0 Å². The van der Waals surface area contributed by atoms with Crippen molar-refractivity contribution in [3.63, 3.8) is 0 Å². The minimum Gasteiger partial charge on any atom is -0.493 e. The fraction of sp³-hybridized carbons (Fsp3) is 0.310. The zero-order valence-electron chi connectivity index (χ0n) is 23.5. The molecule has 12 heteroatoms. The second-order valence-corrected chi connectivity index (χ2v) is 11.3. The Hall–Kier alpha value is -3.90. The number of benzene rings is 2. The second-order valence-electron chi connectivity index (χ2n) is 9.41. The molecule has 0 saturated heterocycles. The molecular weight excluding hydrogens is 612 g/mol. The first-order valence-electron chi connectivity index (χ1n) is 13.0. The molecular formula is C29H29BrN4O6S. The Morgan fingerprint density at radius 3 is 2.49 bits per heavy atom. The van der Waals surface area contributed by atoms with E-state index in [1.165, 1.54) is 23.0 Å². The Bertz CT molecular complexity index is 1980. The van der Waals surface area contributed by atoms with Crippen molar-refractivity contribution in [2.75, 3.05) is 20.3 Å². The van der Waals surface area contributed by atoms with Gasteiger partial charge in [-0.15, -0.1) is 0 Å². The number of aryl methyl sites for hydroxylation is 2. The van der Waals surface area contributed by atoms with Gasteiger partial charge in [0.05, 0.1) is 53.2 Å². The summed E-state index contributed by atoms with van der Waals surface area (Å²) in [6, 6.07) is 8.29. The molecule has 0 spiro atoms. The zero-order valence-corrected chi connectivity index (χ0v) is 25.9. The van der Waals surface area contributed by atoms with E-state index < -0.39 is 12.0 Å². The lowest BCUT2D eigenvalue weighted by molar-refractivity contribution is -0.139. The highest BCUT2D eigenvalue weighted by atomic mass is 79.9. The van der Waals surface area contributed by atoms with E-state index in [2.05, 4.69) is 20.9 Å². The number of carbonyl (C=O) groups is 1. The van der Waals surface area contributed by atoms with Crippen LogP contribution in [0.2, 0.25) is 0 Å². The number of esters is 1. The quantitative estimate of drug-likeness (QED) is 0.287. The molecule has 10 nitrogen and oxygen atoms in total. The molecule has 5 rings (SSSR count). The molecule has 0 fully saturated rings. The van der Waals surface area contributed by atoms with Crippen LogP contribution in [-0.4, -0.2) is 40.0 Å². The molecule has 0 unspecified atom stereocenters. The molecule has 0 saturated carbocycles. The summed E-state index contributed by atoms with van der Waals surface area (Å²) in [5, 5.41) is 0. The summed E-state index contributed by atoms with van der Waals surface area (Å²) in [7, 11) is 4.97. The lowest BCUT2D eigenvalue weighted by Gasteiger charge is -2.26. The van der Waals surface area contributed by atoms with E-state index in [-0.39, 0.29) is 23.4 Å². The van der Waals surface area contributed by atoms with E-state index in [0.717, 1.165) is 16.6 Å². The van der Waals surface area contributed by atoms with Crippen LogP contribution in [0.1, 0.15) is 37.9 Å². The predicted octanol–water partition coefficient (Wildman–Crippen LogP) is 3.16. The summed E-state index contributed by atoms with van der Waals surface area (Å²) in [6.45, 7) is 5.95. The summed E-state index contributed by atoms with van der Waals surface area (Å²) in [6.07, 6.45) is 1.77. The number of ether oxygens (including phenoxy) is 3. The number of fused-ring (bicyclic) bond motifs is 2. The monoisotopic (exact) mass is 640 g/mol. The van der Waals surface area contributed by atoms with E-state index >= 15 is 0 Å². The number of halogens is 1. The van der Waals surface area contributed by atoms with E-state index in [9.17, 15) is 14.4 Å². The van der Waals surface area contributed by atoms with Crippen molar-refractivity contribution in [1.29, 1.82) is 0 Å². The maximum absolute atomic E-state index is 14.0. The molecule has 1 atom stereocenters. The highest BCUT2D eigenvalue weighted by molar-refractivity contribution is 9.10. The number of aromatic nitrogens is 3. The summed E-state index contributed by atoms with van der Waals surface area (Å²) in [5.74, 6) is 0.442. The first kappa shape index (κ1) is 28.6. The Labute approximate surface area is 247 Å². The van der Waals surface area contributed by atoms with Crippen LogP contribution in [-0.2, 0) is 23.6 Å². The minimum absolute atomic E-state index is 0.130. The van der Waals surface area contributed by atoms with Gasteiger partial charge >= 0.3 is 11.7 Å². The molecule has 1 aliphatic rings. The van der Waals surface area contributed by atoms with Crippen LogP contribution in [0.15, 0.2) is 60.7 Å². The molecule has 214 valence electrons. The molecule has 0 amide bonds. The van der Waals surface area contributed by atoms with Gasteiger partial charge in [0.15, 0.2) is 16.3 Å². The molecule has 4 aromatic rings. The number of carbonyl (C=O) groups excluding carboxylic acids is 1. The lowest BCUT2D eigenvalue weighted by Crippen LogP contribution is -2.40.